The first-order valence-electron chi connectivity index (χ1n) is 16.2. The third kappa shape index (κ3) is 11.0. The van der Waals surface area contributed by atoms with Gasteiger partial charge in [-0.05, 0) is 64.0 Å². The number of hydrogen-bond donors (Lipinski definition) is 0. The minimum absolute atomic E-state index is 0.0626. The molecular formula is C40H61O2P. The summed E-state index contributed by atoms with van der Waals surface area (Å²) in [7, 11) is -1.42. The summed E-state index contributed by atoms with van der Waals surface area (Å²) in [5, 5.41) is 1.06. The van der Waals surface area contributed by atoms with E-state index in [0.717, 1.165) is 16.8 Å². The maximum Gasteiger partial charge on any atom is 0.326 e. The SMILES string of the molecule is CCCCC.Cc1ccc(P(Oc2ccc(C(C)(C)C)cc2C(C)(C)C)Oc2ccc(C(C)(C)C)cc2C(C)(C)C)cc1. The molecule has 0 aliphatic carbocycles. The van der Waals surface area contributed by atoms with Crippen LogP contribution in [0.3, 0.4) is 0 Å². The van der Waals surface area contributed by atoms with E-state index >= 15 is 0 Å². The Bertz CT molecular complexity index is 1210. The van der Waals surface area contributed by atoms with Gasteiger partial charge in [0.15, 0.2) is 0 Å². The molecule has 0 radical (unpaired) electrons. The minimum atomic E-state index is -1.42. The van der Waals surface area contributed by atoms with Crippen molar-refractivity contribution in [2.45, 2.75) is 145 Å². The molecule has 0 aromatic heterocycles. The monoisotopic (exact) mass is 604 g/mol. The third-order valence-corrected chi connectivity index (χ3v) is 9.07. The van der Waals surface area contributed by atoms with E-state index in [-0.39, 0.29) is 21.7 Å². The lowest BCUT2D eigenvalue weighted by atomic mass is 9.80. The van der Waals surface area contributed by atoms with Gasteiger partial charge in [-0.1, -0.05) is 158 Å². The Labute approximate surface area is 266 Å². The quantitative estimate of drug-likeness (QED) is 0.250. The first-order chi connectivity index (χ1) is 19.7. The molecule has 0 fully saturated rings. The van der Waals surface area contributed by atoms with E-state index < -0.39 is 8.38 Å². The van der Waals surface area contributed by atoms with Crippen LogP contribution in [0.4, 0.5) is 0 Å². The van der Waals surface area contributed by atoms with Crippen molar-refractivity contribution in [3.8, 4) is 11.5 Å². The van der Waals surface area contributed by atoms with Crippen molar-refractivity contribution in [2.24, 2.45) is 0 Å². The lowest BCUT2D eigenvalue weighted by molar-refractivity contribution is 0.466. The van der Waals surface area contributed by atoms with Crippen molar-refractivity contribution in [3.63, 3.8) is 0 Å². The van der Waals surface area contributed by atoms with Gasteiger partial charge < -0.3 is 9.05 Å². The summed E-state index contributed by atoms with van der Waals surface area (Å²) in [6.45, 7) is 33.6. The first kappa shape index (κ1) is 36.9. The standard InChI is InChI=1S/C35H49O2P.C5H12/c1-24-14-18-27(19-15-24)38(36-30-20-16-25(32(2,3)4)22-28(30)34(8,9)10)37-31-21-17-26(33(5,6)7)23-29(31)35(11,12)13;1-3-5-4-2/h14-23H,1-13H3;3-5H2,1-2H3. The number of aryl methyl sites for hydroxylation is 1. The van der Waals surface area contributed by atoms with Gasteiger partial charge in [0.1, 0.15) is 11.5 Å². The Morgan fingerprint density at radius 3 is 1.16 bits per heavy atom. The van der Waals surface area contributed by atoms with Crippen LogP contribution in [0.2, 0.25) is 0 Å². The summed E-state index contributed by atoms with van der Waals surface area (Å²) >= 11 is 0. The predicted octanol–water partition coefficient (Wildman–Crippen LogP) is 12.5. The van der Waals surface area contributed by atoms with E-state index in [1.165, 1.54) is 47.1 Å². The molecule has 3 aromatic rings. The van der Waals surface area contributed by atoms with E-state index in [1.807, 2.05) is 0 Å². The normalized spacial score (nSPS) is 12.6. The van der Waals surface area contributed by atoms with Crippen LogP contribution in [0, 0.1) is 6.92 Å². The molecule has 0 amide bonds. The topological polar surface area (TPSA) is 18.5 Å². The largest absolute Gasteiger partial charge is 0.435 e. The molecule has 0 saturated heterocycles. The smallest absolute Gasteiger partial charge is 0.326 e. The fraction of sp³-hybridized carbons (Fsp3) is 0.550. The van der Waals surface area contributed by atoms with E-state index in [1.54, 1.807) is 0 Å². The highest BCUT2D eigenvalue weighted by atomic mass is 31.2. The summed E-state index contributed by atoms with van der Waals surface area (Å²) < 4.78 is 13.8. The molecule has 0 bridgehead atoms. The summed E-state index contributed by atoms with van der Waals surface area (Å²) in [5.41, 5.74) is 6.22. The van der Waals surface area contributed by atoms with Gasteiger partial charge in [-0.3, -0.25) is 0 Å². The summed E-state index contributed by atoms with van der Waals surface area (Å²) in [5.74, 6) is 1.78. The number of benzene rings is 3. The molecule has 3 heteroatoms. The Hall–Kier alpha value is -2.31. The predicted molar refractivity (Wildman–Crippen MR) is 192 cm³/mol. The molecule has 0 atom stereocenters. The first-order valence-corrected chi connectivity index (χ1v) is 17.4. The van der Waals surface area contributed by atoms with Crippen LogP contribution < -0.4 is 14.4 Å². The van der Waals surface area contributed by atoms with Crippen LogP contribution in [-0.4, -0.2) is 0 Å². The van der Waals surface area contributed by atoms with Crippen molar-refractivity contribution >= 4 is 13.7 Å². The van der Waals surface area contributed by atoms with E-state index in [9.17, 15) is 0 Å². The Morgan fingerprint density at radius 1 is 0.512 bits per heavy atom. The fourth-order valence-corrected chi connectivity index (χ4v) is 5.96. The van der Waals surface area contributed by atoms with Crippen LogP contribution in [-0.2, 0) is 21.7 Å². The molecule has 0 aliphatic rings. The second kappa shape index (κ2) is 14.6. The molecule has 0 aliphatic heterocycles. The maximum atomic E-state index is 6.88. The Balaban J connectivity index is 0.00000119. The van der Waals surface area contributed by atoms with E-state index in [4.69, 9.17) is 9.05 Å². The van der Waals surface area contributed by atoms with Crippen molar-refractivity contribution in [1.29, 1.82) is 0 Å². The van der Waals surface area contributed by atoms with Gasteiger partial charge in [0.2, 0.25) is 0 Å². The van der Waals surface area contributed by atoms with Gasteiger partial charge in [-0.25, -0.2) is 0 Å². The lowest BCUT2D eigenvalue weighted by Gasteiger charge is -2.30. The van der Waals surface area contributed by atoms with Crippen molar-refractivity contribution in [2.75, 3.05) is 0 Å². The molecule has 3 rings (SSSR count). The van der Waals surface area contributed by atoms with Crippen molar-refractivity contribution in [3.05, 3.63) is 88.5 Å². The molecule has 0 heterocycles. The van der Waals surface area contributed by atoms with Crippen molar-refractivity contribution in [1.82, 2.24) is 0 Å². The van der Waals surface area contributed by atoms with Crippen molar-refractivity contribution < 1.29 is 9.05 Å². The number of rotatable bonds is 7. The molecule has 0 N–H and O–H groups in total. The zero-order valence-corrected chi connectivity index (χ0v) is 31.1. The van der Waals surface area contributed by atoms with Gasteiger partial charge in [-0.15, -0.1) is 0 Å². The summed E-state index contributed by atoms with van der Waals surface area (Å²) in [4.78, 5) is 0. The number of hydrogen-bond acceptors (Lipinski definition) is 2. The Morgan fingerprint density at radius 2 is 0.884 bits per heavy atom. The zero-order chi connectivity index (χ0) is 32.8. The second-order valence-electron chi connectivity index (χ2n) is 16.1. The molecule has 0 spiro atoms. The molecule has 3 aromatic carbocycles. The molecule has 0 saturated carbocycles. The van der Waals surface area contributed by atoms with Gasteiger partial charge in [0.25, 0.3) is 0 Å². The molecular weight excluding hydrogens is 543 g/mol. The molecule has 0 unspecified atom stereocenters. The molecule has 43 heavy (non-hydrogen) atoms. The van der Waals surface area contributed by atoms with Gasteiger partial charge >= 0.3 is 8.38 Å². The van der Waals surface area contributed by atoms with Crippen LogP contribution in [0.1, 0.15) is 144 Å². The van der Waals surface area contributed by atoms with Crippen LogP contribution in [0.5, 0.6) is 11.5 Å². The average Bonchev–Trinajstić information content (AvgIpc) is 2.87. The van der Waals surface area contributed by atoms with Crippen LogP contribution in [0.15, 0.2) is 60.7 Å². The van der Waals surface area contributed by atoms with Gasteiger partial charge in [0.05, 0.1) is 5.30 Å². The zero-order valence-electron chi connectivity index (χ0n) is 30.2. The maximum absolute atomic E-state index is 6.88. The van der Waals surface area contributed by atoms with E-state index in [0.29, 0.717) is 0 Å². The van der Waals surface area contributed by atoms with Gasteiger partial charge in [0, 0.05) is 11.1 Å². The van der Waals surface area contributed by atoms with Gasteiger partial charge in [-0.2, -0.15) is 0 Å². The summed E-state index contributed by atoms with van der Waals surface area (Å²) in [6.07, 6.45) is 4.08. The second-order valence-corrected chi connectivity index (χ2v) is 17.4. The molecule has 2 nitrogen and oxygen atoms in total. The average molecular weight is 605 g/mol. The number of unbranched alkanes of at least 4 members (excludes halogenated alkanes) is 2. The van der Waals surface area contributed by atoms with Crippen LogP contribution in [0.25, 0.3) is 0 Å². The minimum Gasteiger partial charge on any atom is -0.435 e. The highest BCUT2D eigenvalue weighted by Crippen LogP contribution is 2.47. The lowest BCUT2D eigenvalue weighted by Crippen LogP contribution is -2.20. The third-order valence-electron chi connectivity index (χ3n) is 7.62. The van der Waals surface area contributed by atoms with E-state index in [2.05, 4.69) is 165 Å². The highest BCUT2D eigenvalue weighted by molar-refractivity contribution is 7.56. The summed E-state index contributed by atoms with van der Waals surface area (Å²) in [6, 6.07) is 21.9. The fourth-order valence-electron chi connectivity index (χ4n) is 4.65. The molecule has 238 valence electrons. The highest BCUT2D eigenvalue weighted by Gasteiger charge is 2.29. The Kier molecular flexibility index (Phi) is 12.6. The van der Waals surface area contributed by atoms with Crippen LogP contribution >= 0.6 is 8.38 Å².